The Morgan fingerprint density at radius 1 is 1.58 bits per heavy atom. The van der Waals surface area contributed by atoms with Gasteiger partial charge in [0, 0.05) is 13.1 Å². The van der Waals surface area contributed by atoms with Crippen LogP contribution in [0.5, 0.6) is 0 Å². The lowest BCUT2D eigenvalue weighted by atomic mass is 10.0. The number of carbonyl (C=O) groups is 1. The highest BCUT2D eigenvalue weighted by molar-refractivity contribution is 7.96. The van der Waals surface area contributed by atoms with Crippen LogP contribution in [0.3, 0.4) is 0 Å². The van der Waals surface area contributed by atoms with Crippen LogP contribution in [0.2, 0.25) is 0 Å². The summed E-state index contributed by atoms with van der Waals surface area (Å²) in [5.74, 6) is 6.21. The van der Waals surface area contributed by atoms with Gasteiger partial charge in [-0.05, 0) is 18.8 Å². The summed E-state index contributed by atoms with van der Waals surface area (Å²) in [5.41, 5.74) is 0. The van der Waals surface area contributed by atoms with Crippen LogP contribution in [-0.4, -0.2) is 28.5 Å². The second-order valence-electron chi connectivity index (χ2n) is 3.26. The van der Waals surface area contributed by atoms with Gasteiger partial charge in [-0.2, -0.15) is 5.12 Å². The molecule has 0 saturated carbocycles. The molecule has 1 heterocycles. The predicted octanol–water partition coefficient (Wildman–Crippen LogP) is 0.859. The Morgan fingerprint density at radius 3 is 2.50 bits per heavy atom. The number of amides is 1. The van der Waals surface area contributed by atoms with Crippen molar-refractivity contribution in [2.24, 2.45) is 11.8 Å². The number of thiol groups is 1. The Labute approximate surface area is 78.0 Å². The highest BCUT2D eigenvalue weighted by atomic mass is 32.1. The minimum atomic E-state index is -0.399. The molecule has 1 saturated heterocycles. The van der Waals surface area contributed by atoms with E-state index in [0.717, 1.165) is 37.0 Å². The van der Waals surface area contributed by atoms with Crippen LogP contribution in [0, 0.1) is 5.92 Å². The van der Waals surface area contributed by atoms with Gasteiger partial charge < -0.3 is 0 Å². The van der Waals surface area contributed by atoms with E-state index in [1.165, 1.54) is 0 Å². The number of nitrogens with two attached hydrogens (primary N) is 1. The van der Waals surface area contributed by atoms with Crippen molar-refractivity contribution in [1.29, 1.82) is 0 Å². The Morgan fingerprint density at radius 2 is 2.08 bits per heavy atom. The molecule has 1 aliphatic heterocycles. The third-order valence-corrected chi connectivity index (χ3v) is 2.47. The second kappa shape index (κ2) is 4.11. The highest BCUT2D eigenvalue weighted by Gasteiger charge is 2.21. The lowest BCUT2D eigenvalue weighted by Crippen LogP contribution is -2.51. The topological polar surface area (TPSA) is 49.6 Å². The summed E-state index contributed by atoms with van der Waals surface area (Å²) in [6, 6.07) is 0. The first-order chi connectivity index (χ1) is 5.61. The first kappa shape index (κ1) is 9.83. The number of hydrogen-bond donors (Lipinski definition) is 2. The molecule has 5 heteroatoms. The van der Waals surface area contributed by atoms with E-state index < -0.39 is 5.24 Å². The fraction of sp³-hybridized carbons (Fsp3) is 0.857. The van der Waals surface area contributed by atoms with Gasteiger partial charge in [0.05, 0.1) is 0 Å². The zero-order valence-corrected chi connectivity index (χ0v) is 8.13. The fourth-order valence-electron chi connectivity index (χ4n) is 1.33. The minimum absolute atomic E-state index is 0.399. The molecule has 0 spiro atoms. The number of piperidine rings is 1. The van der Waals surface area contributed by atoms with Crippen molar-refractivity contribution >= 4 is 17.9 Å². The molecule has 2 N–H and O–H groups in total. The van der Waals surface area contributed by atoms with Crippen LogP contribution in [0.4, 0.5) is 4.79 Å². The number of hydrazine groups is 2. The molecule has 0 unspecified atom stereocenters. The Hall–Kier alpha value is -0.260. The molecule has 0 aliphatic carbocycles. The average molecular weight is 189 g/mol. The molecule has 0 atom stereocenters. The highest BCUT2D eigenvalue weighted by Crippen LogP contribution is 2.16. The van der Waals surface area contributed by atoms with Gasteiger partial charge in [-0.3, -0.25) is 4.79 Å². The maximum absolute atomic E-state index is 10.7. The molecule has 4 nitrogen and oxygen atoms in total. The van der Waals surface area contributed by atoms with E-state index in [-0.39, 0.29) is 0 Å². The van der Waals surface area contributed by atoms with Crippen molar-refractivity contribution in [2.45, 2.75) is 19.8 Å². The largest absolute Gasteiger partial charge is 0.307 e. The molecular formula is C7H15N3OS. The summed E-state index contributed by atoms with van der Waals surface area (Å²) in [6.45, 7) is 3.91. The van der Waals surface area contributed by atoms with Crippen LogP contribution in [0.15, 0.2) is 0 Å². The summed E-state index contributed by atoms with van der Waals surface area (Å²) >= 11 is 3.65. The summed E-state index contributed by atoms with van der Waals surface area (Å²) in [6.07, 6.45) is 2.18. The van der Waals surface area contributed by atoms with Gasteiger partial charge in [-0.25, -0.2) is 10.9 Å². The van der Waals surface area contributed by atoms with Crippen LogP contribution in [0.25, 0.3) is 0 Å². The number of nitrogens with zero attached hydrogens (tertiary/aromatic N) is 2. The summed E-state index contributed by atoms with van der Waals surface area (Å²) in [7, 11) is 0. The quantitative estimate of drug-likeness (QED) is 0.278. The zero-order chi connectivity index (χ0) is 9.14. The smallest absolute Gasteiger partial charge is 0.259 e. The molecule has 1 rings (SSSR count). The molecule has 0 aromatic heterocycles. The molecule has 1 fully saturated rings. The van der Waals surface area contributed by atoms with E-state index in [1.807, 2.05) is 5.01 Å². The molecule has 1 amide bonds. The van der Waals surface area contributed by atoms with Crippen molar-refractivity contribution in [3.8, 4) is 0 Å². The summed E-state index contributed by atoms with van der Waals surface area (Å²) in [4.78, 5) is 10.7. The maximum atomic E-state index is 10.7. The Bertz CT molecular complexity index is 168. The minimum Gasteiger partial charge on any atom is -0.259 e. The zero-order valence-electron chi connectivity index (χ0n) is 7.23. The van der Waals surface area contributed by atoms with Gasteiger partial charge in [-0.1, -0.05) is 19.6 Å². The lowest BCUT2D eigenvalue weighted by molar-refractivity contribution is -0.00224. The molecule has 0 aromatic rings. The molecule has 0 radical (unpaired) electrons. The molecule has 12 heavy (non-hydrogen) atoms. The molecule has 70 valence electrons. The van der Waals surface area contributed by atoms with Crippen molar-refractivity contribution in [2.75, 3.05) is 13.1 Å². The molecule has 0 aromatic carbocycles. The van der Waals surface area contributed by atoms with Crippen LogP contribution >= 0.6 is 12.6 Å². The van der Waals surface area contributed by atoms with Crippen LogP contribution in [-0.2, 0) is 0 Å². The van der Waals surface area contributed by atoms with Crippen LogP contribution < -0.4 is 5.84 Å². The fourth-order valence-corrected chi connectivity index (χ4v) is 1.46. The third kappa shape index (κ3) is 2.36. The van der Waals surface area contributed by atoms with E-state index >= 15 is 0 Å². The third-order valence-electron chi connectivity index (χ3n) is 2.26. The standard InChI is InChI=1S/C7H15N3OS/c1-6-2-4-9(5-3-6)10(8)7(11)12/h6H,2-5,8H2,1H3,(H,11,12). The second-order valence-corrected chi connectivity index (χ2v) is 3.65. The van der Waals surface area contributed by atoms with Crippen molar-refractivity contribution < 1.29 is 4.79 Å². The molecular weight excluding hydrogens is 174 g/mol. The Balaban J connectivity index is 2.39. The number of hydrogen-bond acceptors (Lipinski definition) is 3. The average Bonchev–Trinajstić information content (AvgIpc) is 2.04. The lowest BCUT2D eigenvalue weighted by Gasteiger charge is -2.34. The number of rotatable bonds is 1. The van der Waals surface area contributed by atoms with E-state index in [1.54, 1.807) is 0 Å². The van der Waals surface area contributed by atoms with E-state index in [9.17, 15) is 4.79 Å². The normalized spacial score (nSPS) is 20.9. The summed E-state index contributed by atoms with van der Waals surface area (Å²) < 4.78 is 0. The van der Waals surface area contributed by atoms with Crippen molar-refractivity contribution in [3.63, 3.8) is 0 Å². The van der Waals surface area contributed by atoms with Gasteiger partial charge in [0.2, 0.25) is 0 Å². The van der Waals surface area contributed by atoms with Gasteiger partial charge in [0.25, 0.3) is 0 Å². The molecule has 1 aliphatic rings. The van der Waals surface area contributed by atoms with E-state index in [0.29, 0.717) is 0 Å². The van der Waals surface area contributed by atoms with Gasteiger partial charge >= 0.3 is 5.24 Å². The Kier molecular flexibility index (Phi) is 3.37. The molecule has 0 bridgehead atoms. The van der Waals surface area contributed by atoms with E-state index in [2.05, 4.69) is 19.6 Å². The van der Waals surface area contributed by atoms with Crippen molar-refractivity contribution in [3.05, 3.63) is 0 Å². The SMILES string of the molecule is CC1CCN(N(N)C(=O)S)CC1. The van der Waals surface area contributed by atoms with E-state index in [4.69, 9.17) is 5.84 Å². The predicted molar refractivity (Wildman–Crippen MR) is 50.4 cm³/mol. The first-order valence-electron chi connectivity index (χ1n) is 4.14. The first-order valence-corrected chi connectivity index (χ1v) is 4.58. The monoisotopic (exact) mass is 189 g/mol. The van der Waals surface area contributed by atoms with Gasteiger partial charge in [-0.15, -0.1) is 0 Å². The summed E-state index contributed by atoms with van der Waals surface area (Å²) in [5, 5.41) is 2.52. The van der Waals surface area contributed by atoms with Gasteiger partial charge in [0.1, 0.15) is 0 Å². The van der Waals surface area contributed by atoms with Crippen LogP contribution in [0.1, 0.15) is 19.8 Å². The maximum Gasteiger partial charge on any atom is 0.307 e. The number of carbonyl (C=O) groups excluding carboxylic acids is 1. The van der Waals surface area contributed by atoms with Crippen molar-refractivity contribution in [1.82, 2.24) is 10.1 Å². The van der Waals surface area contributed by atoms with Gasteiger partial charge in [0.15, 0.2) is 0 Å².